The molecule has 1 aromatic heterocycles. The molecule has 0 bridgehead atoms. The fraction of sp³-hybridized carbons (Fsp3) is 0.154. The van der Waals surface area contributed by atoms with Gasteiger partial charge in [-0.15, -0.1) is 0 Å². The summed E-state index contributed by atoms with van der Waals surface area (Å²) in [6.07, 6.45) is 0. The standard InChI is InChI=1S/C13H10FNO4S/c1-7-3-4-9(14)11(5-7)19-13-10(15(17)18)6-12(20-13)8(2)16/h3-6H,1-2H3. The van der Waals surface area contributed by atoms with Crippen molar-refractivity contribution in [1.82, 2.24) is 0 Å². The number of ketones is 1. The first-order valence-corrected chi connectivity index (χ1v) is 6.43. The van der Waals surface area contributed by atoms with Crippen LogP contribution in [0.2, 0.25) is 0 Å². The second-order valence-corrected chi connectivity index (χ2v) is 5.15. The number of hydrogen-bond acceptors (Lipinski definition) is 5. The van der Waals surface area contributed by atoms with E-state index in [4.69, 9.17) is 4.74 Å². The highest BCUT2D eigenvalue weighted by Gasteiger charge is 2.23. The Morgan fingerprint density at radius 3 is 2.70 bits per heavy atom. The Balaban J connectivity index is 2.44. The molecular formula is C13H10FNO4S. The van der Waals surface area contributed by atoms with E-state index in [-0.39, 0.29) is 27.2 Å². The molecule has 0 aliphatic rings. The van der Waals surface area contributed by atoms with E-state index in [2.05, 4.69) is 0 Å². The minimum absolute atomic E-state index is 0.106. The molecule has 7 heteroatoms. The van der Waals surface area contributed by atoms with Crippen molar-refractivity contribution < 1.29 is 18.8 Å². The number of rotatable bonds is 4. The molecule has 0 fully saturated rings. The lowest BCUT2D eigenvalue weighted by atomic mass is 10.2. The van der Waals surface area contributed by atoms with Crippen LogP contribution in [-0.4, -0.2) is 10.7 Å². The lowest BCUT2D eigenvalue weighted by Crippen LogP contribution is -1.91. The van der Waals surface area contributed by atoms with Gasteiger partial charge < -0.3 is 4.74 Å². The molecular weight excluding hydrogens is 285 g/mol. The number of Topliss-reactive ketones (excluding diaryl/α,β-unsaturated/α-hetero) is 1. The van der Waals surface area contributed by atoms with Gasteiger partial charge in [-0.1, -0.05) is 17.4 Å². The van der Waals surface area contributed by atoms with E-state index >= 15 is 0 Å². The number of nitrogens with zero attached hydrogens (tertiary/aromatic N) is 1. The monoisotopic (exact) mass is 295 g/mol. The van der Waals surface area contributed by atoms with Crippen LogP contribution in [0, 0.1) is 22.9 Å². The summed E-state index contributed by atoms with van der Waals surface area (Å²) in [5.74, 6) is -1.04. The van der Waals surface area contributed by atoms with Crippen LogP contribution in [0.4, 0.5) is 10.1 Å². The van der Waals surface area contributed by atoms with Crippen LogP contribution in [-0.2, 0) is 0 Å². The number of thiophene rings is 1. The predicted molar refractivity (Wildman–Crippen MR) is 72.2 cm³/mol. The molecule has 104 valence electrons. The lowest BCUT2D eigenvalue weighted by molar-refractivity contribution is -0.385. The van der Waals surface area contributed by atoms with E-state index in [1.54, 1.807) is 13.0 Å². The summed E-state index contributed by atoms with van der Waals surface area (Å²) in [6.45, 7) is 3.04. The second kappa shape index (κ2) is 5.38. The van der Waals surface area contributed by atoms with Gasteiger partial charge in [-0.2, -0.15) is 0 Å². The number of aryl methyl sites for hydroxylation is 1. The van der Waals surface area contributed by atoms with Crippen LogP contribution in [0.25, 0.3) is 0 Å². The molecule has 0 aliphatic heterocycles. The quantitative estimate of drug-likeness (QED) is 0.484. The fourth-order valence-electron chi connectivity index (χ4n) is 1.53. The van der Waals surface area contributed by atoms with E-state index in [0.717, 1.165) is 23.0 Å². The Hall–Kier alpha value is -2.28. The van der Waals surface area contributed by atoms with Crippen LogP contribution in [0.3, 0.4) is 0 Å². The Labute approximate surface area is 117 Å². The maximum Gasteiger partial charge on any atom is 0.323 e. The van der Waals surface area contributed by atoms with Crippen molar-refractivity contribution in [3.63, 3.8) is 0 Å². The molecule has 0 saturated heterocycles. The molecule has 1 aromatic carbocycles. The van der Waals surface area contributed by atoms with Gasteiger partial charge in [0.05, 0.1) is 9.80 Å². The van der Waals surface area contributed by atoms with E-state index in [9.17, 15) is 19.3 Å². The Morgan fingerprint density at radius 1 is 1.40 bits per heavy atom. The molecule has 5 nitrogen and oxygen atoms in total. The van der Waals surface area contributed by atoms with Gasteiger partial charge >= 0.3 is 5.69 Å². The maximum atomic E-state index is 13.6. The summed E-state index contributed by atoms with van der Waals surface area (Å²) in [5, 5.41) is 10.8. The first-order valence-electron chi connectivity index (χ1n) is 5.61. The van der Waals surface area contributed by atoms with Crippen LogP contribution in [0.1, 0.15) is 22.2 Å². The summed E-state index contributed by atoms with van der Waals surface area (Å²) >= 11 is 0.825. The molecule has 0 amide bonds. The minimum Gasteiger partial charge on any atom is -0.437 e. The Bertz CT molecular complexity index is 696. The smallest absolute Gasteiger partial charge is 0.323 e. The van der Waals surface area contributed by atoms with Crippen molar-refractivity contribution in [2.45, 2.75) is 13.8 Å². The van der Waals surface area contributed by atoms with Crippen LogP contribution < -0.4 is 4.74 Å². The number of hydrogen-bond donors (Lipinski definition) is 0. The van der Waals surface area contributed by atoms with Crippen molar-refractivity contribution in [2.75, 3.05) is 0 Å². The van der Waals surface area contributed by atoms with Crippen LogP contribution in [0.15, 0.2) is 24.3 Å². The zero-order chi connectivity index (χ0) is 14.9. The first kappa shape index (κ1) is 14.1. The SMILES string of the molecule is CC(=O)c1cc([N+](=O)[O-])c(Oc2cc(C)ccc2F)s1. The third kappa shape index (κ3) is 2.83. The van der Waals surface area contributed by atoms with E-state index < -0.39 is 10.7 Å². The molecule has 0 N–H and O–H groups in total. The minimum atomic E-state index is -0.661. The third-order valence-corrected chi connectivity index (χ3v) is 3.62. The normalized spacial score (nSPS) is 10.3. The predicted octanol–water partition coefficient (Wildman–Crippen LogP) is 4.10. The van der Waals surface area contributed by atoms with Crippen molar-refractivity contribution in [3.8, 4) is 10.8 Å². The first-order chi connectivity index (χ1) is 9.38. The van der Waals surface area contributed by atoms with Crippen molar-refractivity contribution in [3.05, 3.63) is 50.6 Å². The highest BCUT2D eigenvalue weighted by Crippen LogP contribution is 2.40. The largest absolute Gasteiger partial charge is 0.437 e. The molecule has 0 saturated carbocycles. The molecule has 0 radical (unpaired) electrons. The average molecular weight is 295 g/mol. The van der Waals surface area contributed by atoms with Gasteiger partial charge in [0.15, 0.2) is 17.3 Å². The zero-order valence-electron chi connectivity index (χ0n) is 10.7. The maximum absolute atomic E-state index is 13.6. The molecule has 0 aliphatic carbocycles. The van der Waals surface area contributed by atoms with Crippen LogP contribution >= 0.6 is 11.3 Å². The van der Waals surface area contributed by atoms with E-state index in [0.29, 0.717) is 0 Å². The summed E-state index contributed by atoms with van der Waals surface area (Å²) in [7, 11) is 0. The van der Waals surface area contributed by atoms with Crippen molar-refractivity contribution in [1.29, 1.82) is 0 Å². The zero-order valence-corrected chi connectivity index (χ0v) is 11.5. The summed E-state index contributed by atoms with van der Waals surface area (Å²) in [4.78, 5) is 21.7. The number of halogens is 1. The van der Waals surface area contributed by atoms with Gasteiger partial charge in [-0.3, -0.25) is 14.9 Å². The Morgan fingerprint density at radius 2 is 2.10 bits per heavy atom. The van der Waals surface area contributed by atoms with E-state index in [1.807, 2.05) is 0 Å². The van der Waals surface area contributed by atoms with Crippen LogP contribution in [0.5, 0.6) is 10.8 Å². The number of carbonyl (C=O) groups is 1. The molecule has 2 rings (SSSR count). The van der Waals surface area contributed by atoms with E-state index in [1.165, 1.54) is 19.1 Å². The van der Waals surface area contributed by atoms with Gasteiger partial charge in [0.2, 0.25) is 0 Å². The average Bonchev–Trinajstić information content (AvgIpc) is 2.78. The number of carbonyl (C=O) groups excluding carboxylic acids is 1. The number of ether oxygens (including phenoxy) is 1. The van der Waals surface area contributed by atoms with Gasteiger partial charge in [-0.25, -0.2) is 4.39 Å². The van der Waals surface area contributed by atoms with Gasteiger partial charge in [0, 0.05) is 6.07 Å². The van der Waals surface area contributed by atoms with Crippen molar-refractivity contribution >= 4 is 22.8 Å². The second-order valence-electron chi connectivity index (χ2n) is 4.13. The summed E-state index contributed by atoms with van der Waals surface area (Å²) < 4.78 is 18.9. The van der Waals surface area contributed by atoms with Gasteiger partial charge in [0.25, 0.3) is 5.06 Å². The molecule has 1 heterocycles. The van der Waals surface area contributed by atoms with Gasteiger partial charge in [0.1, 0.15) is 0 Å². The fourth-order valence-corrected chi connectivity index (χ4v) is 2.41. The molecule has 0 atom stereocenters. The number of benzene rings is 1. The number of nitro groups is 1. The molecule has 0 spiro atoms. The highest BCUT2D eigenvalue weighted by atomic mass is 32.1. The summed E-state index contributed by atoms with van der Waals surface area (Å²) in [5.41, 5.74) is 0.411. The summed E-state index contributed by atoms with van der Waals surface area (Å²) in [6, 6.07) is 5.35. The molecule has 20 heavy (non-hydrogen) atoms. The Kier molecular flexibility index (Phi) is 3.80. The van der Waals surface area contributed by atoms with Gasteiger partial charge in [-0.05, 0) is 31.5 Å². The molecule has 0 unspecified atom stereocenters. The lowest BCUT2D eigenvalue weighted by Gasteiger charge is -2.04. The highest BCUT2D eigenvalue weighted by molar-refractivity contribution is 7.16. The topological polar surface area (TPSA) is 69.4 Å². The van der Waals surface area contributed by atoms with Crippen molar-refractivity contribution in [2.24, 2.45) is 0 Å². The third-order valence-electron chi connectivity index (χ3n) is 2.51. The molecule has 2 aromatic rings.